The van der Waals surface area contributed by atoms with Gasteiger partial charge < -0.3 is 15.0 Å². The summed E-state index contributed by atoms with van der Waals surface area (Å²) in [5, 5.41) is 11.9. The van der Waals surface area contributed by atoms with Gasteiger partial charge in [-0.15, -0.1) is 0 Å². The van der Waals surface area contributed by atoms with E-state index in [2.05, 4.69) is 32.6 Å². The van der Waals surface area contributed by atoms with E-state index in [1.54, 1.807) is 7.11 Å². The van der Waals surface area contributed by atoms with Crippen molar-refractivity contribution in [3.05, 3.63) is 60.8 Å². The Labute approximate surface area is 133 Å². The minimum absolute atomic E-state index is 0.783. The molecule has 2 heterocycles. The third kappa shape index (κ3) is 2.64. The quantitative estimate of drug-likeness (QED) is 0.526. The van der Waals surface area contributed by atoms with Gasteiger partial charge in [-0.05, 0) is 54.1 Å². The highest BCUT2D eigenvalue weighted by molar-refractivity contribution is 5.84. The Morgan fingerprint density at radius 1 is 1.00 bits per heavy atom. The molecule has 5 nitrogen and oxygen atoms in total. The fraction of sp³-hybridized carbons (Fsp3) is 0.0556. The van der Waals surface area contributed by atoms with Crippen LogP contribution in [0.15, 0.2) is 60.8 Å². The summed E-state index contributed by atoms with van der Waals surface area (Å²) in [7, 11) is 1.66. The lowest BCUT2D eigenvalue weighted by molar-refractivity contribution is 0.415. The number of ether oxygens (including phenoxy) is 1. The van der Waals surface area contributed by atoms with E-state index in [0.29, 0.717) is 0 Å². The summed E-state index contributed by atoms with van der Waals surface area (Å²) in [5.74, 6) is 1.62. The van der Waals surface area contributed by atoms with Crippen molar-refractivity contribution >= 4 is 22.4 Å². The molecule has 0 radical (unpaired) electrons. The molecular formula is C18H16N4O. The van der Waals surface area contributed by atoms with Gasteiger partial charge in [0.15, 0.2) is 5.82 Å². The highest BCUT2D eigenvalue weighted by Gasteiger charge is 2.05. The first-order valence-corrected chi connectivity index (χ1v) is 7.36. The van der Waals surface area contributed by atoms with Crippen LogP contribution in [0, 0.1) is 0 Å². The first-order valence-electron chi connectivity index (χ1n) is 7.36. The van der Waals surface area contributed by atoms with Crippen LogP contribution in [0.1, 0.15) is 0 Å². The van der Waals surface area contributed by atoms with Crippen molar-refractivity contribution in [2.45, 2.75) is 0 Å². The van der Waals surface area contributed by atoms with Crippen LogP contribution in [0.5, 0.6) is 5.75 Å². The summed E-state index contributed by atoms with van der Waals surface area (Å²) < 4.78 is 5.18. The zero-order valence-corrected chi connectivity index (χ0v) is 12.6. The van der Waals surface area contributed by atoms with Crippen LogP contribution in [0.25, 0.3) is 22.2 Å². The molecule has 0 atom stereocenters. The minimum Gasteiger partial charge on any atom is -0.497 e. The smallest absolute Gasteiger partial charge is 0.152 e. The molecular weight excluding hydrogens is 288 g/mol. The molecule has 0 aliphatic heterocycles. The van der Waals surface area contributed by atoms with E-state index in [4.69, 9.17) is 4.74 Å². The summed E-state index contributed by atoms with van der Waals surface area (Å²) in [6, 6.07) is 18.1. The maximum absolute atomic E-state index is 5.18. The van der Waals surface area contributed by atoms with Crippen LogP contribution >= 0.6 is 0 Å². The van der Waals surface area contributed by atoms with E-state index in [1.165, 1.54) is 5.39 Å². The summed E-state index contributed by atoms with van der Waals surface area (Å²) in [6.07, 6.45) is 1.94. The third-order valence-corrected chi connectivity index (χ3v) is 3.80. The van der Waals surface area contributed by atoms with E-state index in [0.717, 1.165) is 34.0 Å². The highest BCUT2D eigenvalue weighted by Crippen LogP contribution is 2.25. The van der Waals surface area contributed by atoms with E-state index in [1.807, 2.05) is 48.7 Å². The maximum Gasteiger partial charge on any atom is 0.152 e. The lowest BCUT2D eigenvalue weighted by Crippen LogP contribution is -1.89. The maximum atomic E-state index is 5.18. The zero-order valence-electron chi connectivity index (χ0n) is 12.6. The number of fused-ring (bicyclic) bond motifs is 1. The number of rotatable bonds is 4. The number of aromatic nitrogens is 3. The summed E-state index contributed by atoms with van der Waals surface area (Å²) in [4.78, 5) is 3.19. The van der Waals surface area contributed by atoms with Crippen molar-refractivity contribution in [3.8, 4) is 17.0 Å². The topological polar surface area (TPSA) is 65.7 Å². The number of benzene rings is 2. The normalized spacial score (nSPS) is 10.8. The molecule has 4 aromatic rings. The lowest BCUT2D eigenvalue weighted by Gasteiger charge is -2.02. The Morgan fingerprint density at radius 2 is 1.87 bits per heavy atom. The van der Waals surface area contributed by atoms with Gasteiger partial charge in [0.2, 0.25) is 0 Å². The molecule has 0 saturated carbocycles. The van der Waals surface area contributed by atoms with Gasteiger partial charge in [0.25, 0.3) is 0 Å². The van der Waals surface area contributed by atoms with Crippen molar-refractivity contribution in [1.29, 1.82) is 0 Å². The largest absolute Gasteiger partial charge is 0.497 e. The van der Waals surface area contributed by atoms with Gasteiger partial charge in [0, 0.05) is 28.9 Å². The van der Waals surface area contributed by atoms with E-state index in [-0.39, 0.29) is 0 Å². The van der Waals surface area contributed by atoms with Crippen molar-refractivity contribution in [1.82, 2.24) is 15.2 Å². The predicted molar refractivity (Wildman–Crippen MR) is 92.2 cm³/mol. The first-order chi connectivity index (χ1) is 11.3. The summed E-state index contributed by atoms with van der Waals surface area (Å²) in [6.45, 7) is 0. The second-order valence-electron chi connectivity index (χ2n) is 5.30. The molecule has 2 aromatic carbocycles. The van der Waals surface area contributed by atoms with E-state index < -0.39 is 0 Å². The Bertz CT molecular complexity index is 937. The van der Waals surface area contributed by atoms with Gasteiger partial charge in [0.05, 0.1) is 12.8 Å². The molecule has 0 bridgehead atoms. The van der Waals surface area contributed by atoms with Crippen molar-refractivity contribution in [2.24, 2.45) is 0 Å². The van der Waals surface area contributed by atoms with E-state index in [9.17, 15) is 0 Å². The fourth-order valence-corrected chi connectivity index (χ4v) is 2.58. The number of hydrogen-bond donors (Lipinski definition) is 3. The van der Waals surface area contributed by atoms with Gasteiger partial charge in [-0.1, -0.05) is 0 Å². The second kappa shape index (κ2) is 5.53. The molecule has 0 fully saturated rings. The van der Waals surface area contributed by atoms with Crippen molar-refractivity contribution in [3.63, 3.8) is 0 Å². The Kier molecular flexibility index (Phi) is 3.24. The van der Waals surface area contributed by atoms with Crippen LogP contribution in [-0.4, -0.2) is 22.3 Å². The molecule has 114 valence electrons. The van der Waals surface area contributed by atoms with Gasteiger partial charge in [0.1, 0.15) is 5.75 Å². The standard InChI is InChI=1S/C18H16N4O/c1-23-15-5-2-12(3-6-15)17-11-18(22-21-17)20-14-4-7-16-13(10-14)8-9-19-16/h2-11,19H,1H3,(H2,20,21,22). The Morgan fingerprint density at radius 3 is 2.70 bits per heavy atom. The molecule has 2 aromatic heterocycles. The molecule has 4 rings (SSSR count). The monoisotopic (exact) mass is 304 g/mol. The minimum atomic E-state index is 0.783. The first kappa shape index (κ1) is 13.5. The number of nitrogens with zero attached hydrogens (tertiary/aromatic N) is 1. The van der Waals surface area contributed by atoms with Crippen LogP contribution in [0.3, 0.4) is 0 Å². The summed E-state index contributed by atoms with van der Waals surface area (Å²) >= 11 is 0. The van der Waals surface area contributed by atoms with Crippen molar-refractivity contribution in [2.75, 3.05) is 12.4 Å². The molecule has 0 aliphatic rings. The molecule has 0 spiro atoms. The SMILES string of the molecule is COc1ccc(-c2cc(Nc3ccc4[nH]ccc4c3)n[nH]2)cc1. The number of H-pyrrole nitrogens is 2. The molecule has 5 heteroatoms. The van der Waals surface area contributed by atoms with Crippen LogP contribution in [0.4, 0.5) is 11.5 Å². The number of aromatic amines is 2. The molecule has 0 aliphatic carbocycles. The Hall–Kier alpha value is -3.21. The molecule has 23 heavy (non-hydrogen) atoms. The average molecular weight is 304 g/mol. The van der Waals surface area contributed by atoms with Crippen molar-refractivity contribution < 1.29 is 4.74 Å². The fourth-order valence-electron chi connectivity index (χ4n) is 2.58. The molecule has 0 amide bonds. The Balaban J connectivity index is 1.56. The zero-order chi connectivity index (χ0) is 15.6. The number of methoxy groups -OCH3 is 1. The van der Waals surface area contributed by atoms with Gasteiger partial charge in [-0.2, -0.15) is 5.10 Å². The van der Waals surface area contributed by atoms with Gasteiger partial charge in [-0.25, -0.2) is 0 Å². The number of anilines is 2. The van der Waals surface area contributed by atoms with Crippen LogP contribution < -0.4 is 10.1 Å². The average Bonchev–Trinajstić information content (AvgIpc) is 3.24. The number of nitrogens with one attached hydrogen (secondary N) is 3. The molecule has 0 saturated heterocycles. The van der Waals surface area contributed by atoms with Crippen LogP contribution in [0.2, 0.25) is 0 Å². The lowest BCUT2D eigenvalue weighted by atomic mass is 10.1. The third-order valence-electron chi connectivity index (χ3n) is 3.80. The van der Waals surface area contributed by atoms with Gasteiger partial charge in [-0.3, -0.25) is 5.10 Å². The molecule has 0 unspecified atom stereocenters. The van der Waals surface area contributed by atoms with E-state index >= 15 is 0 Å². The second-order valence-corrected chi connectivity index (χ2v) is 5.30. The highest BCUT2D eigenvalue weighted by atomic mass is 16.5. The number of hydrogen-bond acceptors (Lipinski definition) is 3. The summed E-state index contributed by atoms with van der Waals surface area (Å²) in [5.41, 5.74) is 4.15. The predicted octanol–water partition coefficient (Wildman–Crippen LogP) is 4.31. The van der Waals surface area contributed by atoms with Gasteiger partial charge >= 0.3 is 0 Å². The molecule has 3 N–H and O–H groups in total. The van der Waals surface area contributed by atoms with Crippen LogP contribution in [-0.2, 0) is 0 Å².